The number of nitrogens with one attached hydrogen (secondary N) is 2. The van der Waals surface area contributed by atoms with E-state index in [0.29, 0.717) is 16.7 Å². The van der Waals surface area contributed by atoms with Crippen LogP contribution in [0.5, 0.6) is 6.01 Å². The molecule has 1 amide bonds. The molecule has 0 aliphatic carbocycles. The number of carbonyl (C=O) groups is 1. The number of nitrogens with zero attached hydrogens (tertiary/aromatic N) is 2. The number of H-pyrrole nitrogens is 1. The minimum atomic E-state index is -0.654. The van der Waals surface area contributed by atoms with Crippen molar-refractivity contribution < 1.29 is 24.1 Å². The Morgan fingerprint density at radius 1 is 1.24 bits per heavy atom. The van der Waals surface area contributed by atoms with Gasteiger partial charge < -0.3 is 29.6 Å². The third-order valence-electron chi connectivity index (χ3n) is 5.92. The monoisotopic (exact) mass is 472 g/mol. The first-order valence-electron chi connectivity index (χ1n) is 11.1. The molecule has 3 aromatic rings. The van der Waals surface area contributed by atoms with Crippen LogP contribution in [0.4, 0.5) is 5.82 Å². The lowest BCUT2D eigenvalue weighted by atomic mass is 10.1. The van der Waals surface area contributed by atoms with E-state index in [1.807, 2.05) is 12.1 Å². The fraction of sp³-hybridized carbons (Fsp3) is 0.435. The summed E-state index contributed by atoms with van der Waals surface area (Å²) in [7, 11) is 0. The normalized spacial score (nSPS) is 24.2. The van der Waals surface area contributed by atoms with Crippen LogP contribution in [-0.4, -0.2) is 63.6 Å². The van der Waals surface area contributed by atoms with Crippen molar-refractivity contribution in [2.75, 3.05) is 18.5 Å². The second-order valence-corrected chi connectivity index (χ2v) is 8.71. The van der Waals surface area contributed by atoms with Gasteiger partial charge in [-0.1, -0.05) is 37.1 Å². The molecule has 174 valence electrons. The zero-order chi connectivity index (χ0) is 22.9. The van der Waals surface area contributed by atoms with E-state index in [1.54, 1.807) is 18.2 Å². The standard InChI is InChI=1S/C23H25ClN4O5/c1-2-3-4-12-5-7-13(8-6-12)22(30)27-20-14(24)9-15-21(26-20)28-23(25-15)33-17-11-32-18-16(29)10-31-19(17)18/h5-9,16-19,29H,2-4,10-11H2,1H3,(H2,25,26,27,28,30)/t16-,17-,18?,19-/m1/s1. The van der Waals surface area contributed by atoms with Gasteiger partial charge in [0.2, 0.25) is 0 Å². The van der Waals surface area contributed by atoms with Crippen LogP contribution in [0.3, 0.4) is 0 Å². The molecular formula is C23H25ClN4O5. The van der Waals surface area contributed by atoms with Crippen LogP contribution < -0.4 is 10.1 Å². The van der Waals surface area contributed by atoms with Gasteiger partial charge in [0.1, 0.15) is 18.3 Å². The summed E-state index contributed by atoms with van der Waals surface area (Å²) in [5.74, 6) is -0.0855. The number of hydrogen-bond donors (Lipinski definition) is 3. The molecule has 2 aliphatic rings. The quantitative estimate of drug-likeness (QED) is 0.483. The predicted octanol–water partition coefficient (Wildman–Crippen LogP) is 3.11. The van der Waals surface area contributed by atoms with E-state index < -0.39 is 18.3 Å². The van der Waals surface area contributed by atoms with Gasteiger partial charge in [-0.15, -0.1) is 0 Å². The van der Waals surface area contributed by atoms with Crippen LogP contribution in [0.15, 0.2) is 30.3 Å². The number of aromatic amines is 1. The lowest BCUT2D eigenvalue weighted by Gasteiger charge is -2.15. The molecule has 0 saturated carbocycles. The molecule has 2 saturated heterocycles. The minimum absolute atomic E-state index is 0.216. The van der Waals surface area contributed by atoms with E-state index in [2.05, 4.69) is 27.2 Å². The van der Waals surface area contributed by atoms with Crippen molar-refractivity contribution in [3.05, 3.63) is 46.5 Å². The van der Waals surface area contributed by atoms with Gasteiger partial charge in [-0.05, 0) is 36.6 Å². The number of aromatic nitrogens is 3. The largest absolute Gasteiger partial charge is 0.456 e. The first-order valence-corrected chi connectivity index (χ1v) is 11.4. The van der Waals surface area contributed by atoms with Gasteiger partial charge in [-0.2, -0.15) is 4.98 Å². The molecule has 1 aromatic carbocycles. The fourth-order valence-corrected chi connectivity index (χ4v) is 4.31. The average Bonchev–Trinajstić information content (AvgIpc) is 3.50. The Labute approximate surface area is 195 Å². The number of carbonyl (C=O) groups excluding carboxylic acids is 1. The van der Waals surface area contributed by atoms with Crippen molar-refractivity contribution in [3.63, 3.8) is 0 Å². The highest BCUT2D eigenvalue weighted by Crippen LogP contribution is 2.31. The molecule has 2 aliphatic heterocycles. The first kappa shape index (κ1) is 22.1. The highest BCUT2D eigenvalue weighted by atomic mass is 35.5. The lowest BCUT2D eigenvalue weighted by Crippen LogP contribution is -2.34. The SMILES string of the molecule is CCCCc1ccc(C(=O)Nc2nc3nc(O[C@@H]4COC5[C@H](O)CO[C@@H]54)[nH]c3cc2Cl)cc1. The maximum absolute atomic E-state index is 12.7. The maximum Gasteiger partial charge on any atom is 0.296 e. The zero-order valence-electron chi connectivity index (χ0n) is 18.1. The van der Waals surface area contributed by atoms with Crippen molar-refractivity contribution in [2.45, 2.75) is 50.6 Å². The van der Waals surface area contributed by atoms with Gasteiger partial charge >= 0.3 is 0 Å². The fourth-order valence-electron chi connectivity index (χ4n) is 4.11. The Morgan fingerprint density at radius 3 is 2.82 bits per heavy atom. The molecule has 33 heavy (non-hydrogen) atoms. The number of pyridine rings is 1. The summed E-state index contributed by atoms with van der Waals surface area (Å²) in [6.45, 7) is 2.66. The maximum atomic E-state index is 12.7. The van der Waals surface area contributed by atoms with Crippen molar-refractivity contribution in [2.24, 2.45) is 0 Å². The molecule has 0 spiro atoms. The Balaban J connectivity index is 1.28. The highest BCUT2D eigenvalue weighted by Gasteiger charge is 2.48. The average molecular weight is 473 g/mol. The van der Waals surface area contributed by atoms with Crippen LogP contribution in [0.2, 0.25) is 5.02 Å². The van der Waals surface area contributed by atoms with Gasteiger partial charge in [0.05, 0.1) is 23.8 Å². The predicted molar refractivity (Wildman–Crippen MR) is 122 cm³/mol. The molecule has 9 nitrogen and oxygen atoms in total. The van der Waals surface area contributed by atoms with Gasteiger partial charge in [-0.3, -0.25) is 4.79 Å². The van der Waals surface area contributed by atoms with Crippen molar-refractivity contribution >= 4 is 34.5 Å². The number of benzene rings is 1. The molecule has 2 fully saturated rings. The van der Waals surface area contributed by atoms with Crippen LogP contribution in [0, 0.1) is 0 Å². The van der Waals surface area contributed by atoms with E-state index in [0.717, 1.165) is 19.3 Å². The second-order valence-electron chi connectivity index (χ2n) is 8.31. The number of amides is 1. The Morgan fingerprint density at radius 2 is 2.03 bits per heavy atom. The minimum Gasteiger partial charge on any atom is -0.456 e. The summed E-state index contributed by atoms with van der Waals surface area (Å²) in [5, 5.41) is 12.9. The van der Waals surface area contributed by atoms with Gasteiger partial charge in [-0.25, -0.2) is 4.98 Å². The number of aliphatic hydroxyl groups is 1. The Kier molecular flexibility index (Phi) is 6.20. The molecular weight excluding hydrogens is 448 g/mol. The molecule has 4 atom stereocenters. The number of imidazole rings is 1. The highest BCUT2D eigenvalue weighted by molar-refractivity contribution is 6.34. The number of halogens is 1. The van der Waals surface area contributed by atoms with Crippen molar-refractivity contribution in [3.8, 4) is 6.01 Å². The van der Waals surface area contributed by atoms with E-state index in [9.17, 15) is 9.90 Å². The van der Waals surface area contributed by atoms with E-state index in [4.69, 9.17) is 25.8 Å². The number of anilines is 1. The van der Waals surface area contributed by atoms with Crippen molar-refractivity contribution in [1.29, 1.82) is 0 Å². The summed E-state index contributed by atoms with van der Waals surface area (Å²) in [5.41, 5.74) is 2.64. The number of rotatable bonds is 7. The summed E-state index contributed by atoms with van der Waals surface area (Å²) < 4.78 is 17.0. The Hall–Kier alpha value is -2.72. The summed E-state index contributed by atoms with van der Waals surface area (Å²) in [6.07, 6.45) is 1.43. The number of fused-ring (bicyclic) bond motifs is 2. The number of aliphatic hydroxyl groups excluding tert-OH is 1. The van der Waals surface area contributed by atoms with Gasteiger partial charge in [0.15, 0.2) is 17.6 Å². The molecule has 2 aromatic heterocycles. The summed E-state index contributed by atoms with van der Waals surface area (Å²) in [4.78, 5) is 24.4. The number of unbranched alkanes of at least 4 members (excludes halogenated alkanes) is 1. The smallest absolute Gasteiger partial charge is 0.296 e. The molecule has 10 heteroatoms. The first-order chi connectivity index (χ1) is 16.0. The number of aryl methyl sites for hydroxylation is 1. The summed E-state index contributed by atoms with van der Waals surface area (Å²) in [6, 6.07) is 9.39. The molecule has 0 bridgehead atoms. The van der Waals surface area contributed by atoms with Crippen LogP contribution in [0.25, 0.3) is 11.2 Å². The molecule has 4 heterocycles. The molecule has 1 unspecified atom stereocenters. The van der Waals surface area contributed by atoms with E-state index in [-0.39, 0.29) is 42.1 Å². The second kappa shape index (κ2) is 9.26. The number of ether oxygens (including phenoxy) is 3. The Bertz CT molecular complexity index is 1150. The van der Waals surface area contributed by atoms with E-state index in [1.165, 1.54) is 5.56 Å². The topological polar surface area (TPSA) is 119 Å². The third-order valence-corrected chi connectivity index (χ3v) is 6.20. The molecule has 3 N–H and O–H groups in total. The van der Waals surface area contributed by atoms with E-state index >= 15 is 0 Å². The van der Waals surface area contributed by atoms with Gasteiger partial charge in [0.25, 0.3) is 11.9 Å². The zero-order valence-corrected chi connectivity index (χ0v) is 18.8. The number of hydrogen-bond acceptors (Lipinski definition) is 7. The molecule has 5 rings (SSSR count). The molecule has 0 radical (unpaired) electrons. The summed E-state index contributed by atoms with van der Waals surface area (Å²) >= 11 is 6.35. The van der Waals surface area contributed by atoms with Crippen LogP contribution in [-0.2, 0) is 15.9 Å². The lowest BCUT2D eigenvalue weighted by molar-refractivity contribution is 0.00706. The van der Waals surface area contributed by atoms with Crippen LogP contribution >= 0.6 is 11.6 Å². The van der Waals surface area contributed by atoms with Gasteiger partial charge in [0, 0.05) is 5.56 Å². The van der Waals surface area contributed by atoms with Crippen molar-refractivity contribution in [1.82, 2.24) is 15.0 Å². The van der Waals surface area contributed by atoms with Crippen LogP contribution in [0.1, 0.15) is 35.7 Å². The third kappa shape index (κ3) is 4.54.